The first-order valence-corrected chi connectivity index (χ1v) is 9.16. The molecule has 0 saturated carbocycles. The fourth-order valence-corrected chi connectivity index (χ4v) is 2.92. The first-order chi connectivity index (χ1) is 11.0. The highest BCUT2D eigenvalue weighted by Gasteiger charge is 2.38. The van der Waals surface area contributed by atoms with Crippen LogP contribution in [0.25, 0.3) is 0 Å². The monoisotopic (exact) mass is 346 g/mol. The summed E-state index contributed by atoms with van der Waals surface area (Å²) in [5.74, 6) is -0.0758. The van der Waals surface area contributed by atoms with Gasteiger partial charge in [-0.2, -0.15) is 0 Å². The molecule has 1 aliphatic heterocycles. The van der Waals surface area contributed by atoms with Gasteiger partial charge < -0.3 is 5.32 Å². The van der Waals surface area contributed by atoms with Crippen molar-refractivity contribution >= 4 is 35.3 Å². The molecule has 0 aromatic heterocycles. The molecule has 1 aliphatic rings. The number of rotatable bonds is 7. The number of ketones is 1. The summed E-state index contributed by atoms with van der Waals surface area (Å²) in [6.45, 7) is 9.62. The van der Waals surface area contributed by atoms with Crippen LogP contribution in [0.1, 0.15) is 53.9 Å². The fraction of sp³-hybridized carbons (Fsp3) is 0.750. The van der Waals surface area contributed by atoms with Crippen LogP contribution in [0.15, 0.2) is 0 Å². The highest BCUT2D eigenvalue weighted by Crippen LogP contribution is 2.25. The normalized spacial score (nSPS) is 16.1. The van der Waals surface area contributed by atoms with Crippen LogP contribution < -0.4 is 5.32 Å². The van der Waals surface area contributed by atoms with E-state index < -0.39 is 5.25 Å². The van der Waals surface area contributed by atoms with Crippen LogP contribution in [-0.2, 0) is 19.2 Å². The van der Waals surface area contributed by atoms with Gasteiger partial charge in [0.2, 0.25) is 17.7 Å². The average Bonchev–Trinajstić information content (AvgIpc) is 2.82. The number of imide groups is 1. The Morgan fingerprint density at radius 3 is 2.22 bits per heavy atom. The van der Waals surface area contributed by atoms with Crippen molar-refractivity contribution in [3.05, 3.63) is 0 Å². The molecule has 0 spiro atoms. The van der Waals surface area contributed by atoms with Crippen LogP contribution in [0.5, 0.6) is 0 Å². The number of likely N-dealkylation sites (tertiary alicyclic amines) is 1. The van der Waals surface area contributed by atoms with Crippen LogP contribution in [0.4, 0.5) is 0 Å². The summed E-state index contributed by atoms with van der Waals surface area (Å²) in [5, 5.41) is 2.04. The smallest absolute Gasteiger partial charge is 0.242 e. The SMILES string of the molecule is CC.CC.CNC(=O)CCN1C(=O)CC(SCCC(C)=O)C1=O. The van der Waals surface area contributed by atoms with E-state index in [1.165, 1.54) is 25.7 Å². The number of amides is 3. The minimum Gasteiger partial charge on any atom is -0.359 e. The molecule has 1 atom stereocenters. The Morgan fingerprint density at radius 1 is 1.17 bits per heavy atom. The maximum Gasteiger partial charge on any atom is 0.242 e. The van der Waals surface area contributed by atoms with E-state index in [0.717, 1.165) is 4.90 Å². The van der Waals surface area contributed by atoms with Crippen molar-refractivity contribution in [2.45, 2.75) is 59.1 Å². The molecule has 0 aliphatic carbocycles. The molecule has 0 radical (unpaired) electrons. The minimum absolute atomic E-state index is 0.0701. The van der Waals surface area contributed by atoms with Crippen LogP contribution in [0.3, 0.4) is 0 Å². The highest BCUT2D eigenvalue weighted by atomic mass is 32.2. The molecular formula is C16H30N2O4S. The number of nitrogens with one attached hydrogen (secondary N) is 1. The lowest BCUT2D eigenvalue weighted by atomic mass is 10.3. The lowest BCUT2D eigenvalue weighted by Crippen LogP contribution is -2.34. The molecule has 1 rings (SSSR count). The Bertz CT molecular complexity index is 400. The van der Waals surface area contributed by atoms with Crippen molar-refractivity contribution in [3.8, 4) is 0 Å². The first kappa shape index (κ1) is 23.9. The Balaban J connectivity index is 0. The van der Waals surface area contributed by atoms with E-state index in [9.17, 15) is 19.2 Å². The van der Waals surface area contributed by atoms with Gasteiger partial charge in [0.25, 0.3) is 0 Å². The molecular weight excluding hydrogens is 316 g/mol. The molecule has 0 aromatic carbocycles. The van der Waals surface area contributed by atoms with Crippen molar-refractivity contribution in [2.75, 3.05) is 19.3 Å². The molecule has 3 amide bonds. The molecule has 1 unspecified atom stereocenters. The summed E-state index contributed by atoms with van der Waals surface area (Å²) in [7, 11) is 1.51. The molecule has 1 heterocycles. The summed E-state index contributed by atoms with van der Waals surface area (Å²) in [4.78, 5) is 46.7. The third-order valence-electron chi connectivity index (χ3n) is 2.82. The zero-order valence-corrected chi connectivity index (χ0v) is 15.9. The highest BCUT2D eigenvalue weighted by molar-refractivity contribution is 8.00. The van der Waals surface area contributed by atoms with Crippen molar-refractivity contribution in [2.24, 2.45) is 0 Å². The zero-order valence-electron chi connectivity index (χ0n) is 15.1. The van der Waals surface area contributed by atoms with Gasteiger partial charge in [-0.05, 0) is 6.92 Å². The van der Waals surface area contributed by atoms with Gasteiger partial charge in [0.05, 0.1) is 5.25 Å². The largest absolute Gasteiger partial charge is 0.359 e. The van der Waals surface area contributed by atoms with Crippen LogP contribution in [0, 0.1) is 0 Å². The molecule has 0 bridgehead atoms. The number of Topliss-reactive ketones (excluding diaryl/α,β-unsaturated/α-hetero) is 1. The lowest BCUT2D eigenvalue weighted by molar-refractivity contribution is -0.138. The second kappa shape index (κ2) is 14.2. The summed E-state index contributed by atoms with van der Waals surface area (Å²) in [5.41, 5.74) is 0. The third kappa shape index (κ3) is 9.38. The Morgan fingerprint density at radius 2 is 1.74 bits per heavy atom. The minimum atomic E-state index is -0.406. The molecule has 0 aromatic rings. The molecule has 1 saturated heterocycles. The van der Waals surface area contributed by atoms with E-state index in [4.69, 9.17) is 0 Å². The summed E-state index contributed by atoms with van der Waals surface area (Å²) < 4.78 is 0. The standard InChI is InChI=1S/C12H18N2O4S.2C2H6/c1-8(15)4-6-19-9-7-11(17)14(12(9)18)5-3-10(16)13-2;2*1-2/h9H,3-7H2,1-2H3,(H,13,16);2*1-2H3. The van der Waals surface area contributed by atoms with Gasteiger partial charge in [-0.3, -0.25) is 24.1 Å². The number of nitrogens with zero attached hydrogens (tertiary/aromatic N) is 1. The van der Waals surface area contributed by atoms with E-state index in [2.05, 4.69) is 5.32 Å². The summed E-state index contributed by atoms with van der Waals surface area (Å²) >= 11 is 1.33. The van der Waals surface area contributed by atoms with Gasteiger partial charge in [-0.25, -0.2) is 0 Å². The second-order valence-electron chi connectivity index (χ2n) is 4.32. The van der Waals surface area contributed by atoms with Gasteiger partial charge in [0.15, 0.2) is 0 Å². The van der Waals surface area contributed by atoms with Crippen molar-refractivity contribution in [1.29, 1.82) is 0 Å². The Kier molecular flexibility index (Phi) is 14.8. The van der Waals surface area contributed by atoms with E-state index in [1.807, 2.05) is 27.7 Å². The van der Waals surface area contributed by atoms with Crippen LogP contribution in [0.2, 0.25) is 0 Å². The van der Waals surface area contributed by atoms with E-state index in [1.54, 1.807) is 0 Å². The zero-order chi connectivity index (χ0) is 18.4. The molecule has 6 nitrogen and oxygen atoms in total. The van der Waals surface area contributed by atoms with E-state index in [-0.39, 0.29) is 42.9 Å². The van der Waals surface area contributed by atoms with E-state index in [0.29, 0.717) is 12.2 Å². The topological polar surface area (TPSA) is 83.6 Å². The van der Waals surface area contributed by atoms with Gasteiger partial charge in [0, 0.05) is 38.6 Å². The number of carbonyl (C=O) groups is 4. The lowest BCUT2D eigenvalue weighted by Gasteiger charge is -2.14. The molecule has 23 heavy (non-hydrogen) atoms. The number of hydrogen-bond donors (Lipinski definition) is 1. The maximum absolute atomic E-state index is 12.0. The molecule has 134 valence electrons. The summed E-state index contributed by atoms with van der Waals surface area (Å²) in [6.07, 6.45) is 0.689. The predicted molar refractivity (Wildman–Crippen MR) is 94.3 cm³/mol. The Hall–Kier alpha value is -1.37. The average molecular weight is 346 g/mol. The van der Waals surface area contributed by atoms with Gasteiger partial charge >= 0.3 is 0 Å². The number of carbonyl (C=O) groups excluding carboxylic acids is 4. The first-order valence-electron chi connectivity index (χ1n) is 8.11. The van der Waals surface area contributed by atoms with Gasteiger partial charge in [0.1, 0.15) is 5.78 Å². The van der Waals surface area contributed by atoms with Crippen molar-refractivity contribution < 1.29 is 19.2 Å². The third-order valence-corrected chi connectivity index (χ3v) is 4.03. The Labute approximate surface area is 143 Å². The van der Waals surface area contributed by atoms with Crippen molar-refractivity contribution in [1.82, 2.24) is 10.2 Å². The van der Waals surface area contributed by atoms with E-state index >= 15 is 0 Å². The summed E-state index contributed by atoms with van der Waals surface area (Å²) in [6, 6.07) is 0. The second-order valence-corrected chi connectivity index (χ2v) is 5.63. The number of hydrogen-bond acceptors (Lipinski definition) is 5. The van der Waals surface area contributed by atoms with Crippen molar-refractivity contribution in [3.63, 3.8) is 0 Å². The molecule has 7 heteroatoms. The van der Waals surface area contributed by atoms with Crippen LogP contribution in [-0.4, -0.2) is 53.0 Å². The molecule has 1 N–H and O–H groups in total. The van der Waals surface area contributed by atoms with Gasteiger partial charge in [-0.15, -0.1) is 11.8 Å². The fourth-order valence-electron chi connectivity index (χ4n) is 1.70. The van der Waals surface area contributed by atoms with Crippen LogP contribution >= 0.6 is 11.8 Å². The molecule has 1 fully saturated rings. The predicted octanol–water partition coefficient (Wildman–Crippen LogP) is 2.01. The van der Waals surface area contributed by atoms with Gasteiger partial charge in [-0.1, -0.05) is 27.7 Å². The maximum atomic E-state index is 12.0. The quantitative estimate of drug-likeness (QED) is 0.713. The number of thioether (sulfide) groups is 1.